The van der Waals surface area contributed by atoms with Crippen molar-refractivity contribution in [3.8, 4) is 0 Å². The third kappa shape index (κ3) is 2.94. The van der Waals surface area contributed by atoms with E-state index in [0.29, 0.717) is 24.2 Å². The first-order chi connectivity index (χ1) is 10.3. The molecule has 0 N–H and O–H groups in total. The predicted molar refractivity (Wildman–Crippen MR) is 84.8 cm³/mol. The number of ether oxygens (including phenoxy) is 1. The molecule has 1 unspecified atom stereocenters. The monoisotopic (exact) mass is 300 g/mol. The van der Waals surface area contributed by atoms with E-state index in [4.69, 9.17) is 4.74 Å². The first kappa shape index (κ1) is 15.3. The van der Waals surface area contributed by atoms with Crippen LogP contribution in [-0.4, -0.2) is 17.9 Å². The molecule has 2 aliphatic rings. The van der Waals surface area contributed by atoms with Crippen LogP contribution in [-0.2, 0) is 27.2 Å². The second-order valence-corrected chi connectivity index (χ2v) is 7.79. The molecule has 3 heteroatoms. The van der Waals surface area contributed by atoms with Gasteiger partial charge in [0.1, 0.15) is 11.9 Å². The number of hydrogen-bond acceptors (Lipinski definition) is 3. The van der Waals surface area contributed by atoms with E-state index in [1.165, 1.54) is 24.0 Å². The molecule has 0 aromatic heterocycles. The summed E-state index contributed by atoms with van der Waals surface area (Å²) < 4.78 is 5.39. The summed E-state index contributed by atoms with van der Waals surface area (Å²) in [5.74, 6) is 0.201. The second-order valence-electron chi connectivity index (χ2n) is 7.79. The molecule has 0 saturated heterocycles. The zero-order valence-corrected chi connectivity index (χ0v) is 13.6. The number of carbonyl (C=O) groups is 2. The maximum atomic E-state index is 12.0. The Balaban J connectivity index is 1.76. The number of rotatable bonds is 4. The van der Waals surface area contributed by atoms with Crippen LogP contribution in [0.15, 0.2) is 18.2 Å². The van der Waals surface area contributed by atoms with Crippen LogP contribution in [0, 0.1) is 5.41 Å². The summed E-state index contributed by atoms with van der Waals surface area (Å²) in [7, 11) is 0. The van der Waals surface area contributed by atoms with Crippen molar-refractivity contribution in [3.05, 3.63) is 34.9 Å². The molecule has 0 heterocycles. The fraction of sp³-hybridized carbons (Fsp3) is 0.579. The van der Waals surface area contributed by atoms with Gasteiger partial charge in [-0.15, -0.1) is 0 Å². The van der Waals surface area contributed by atoms with Crippen LogP contribution in [0.2, 0.25) is 0 Å². The maximum Gasteiger partial charge on any atom is 0.310 e. The van der Waals surface area contributed by atoms with Gasteiger partial charge < -0.3 is 9.53 Å². The van der Waals surface area contributed by atoms with Crippen molar-refractivity contribution in [3.63, 3.8) is 0 Å². The number of fused-ring (bicyclic) bond motifs is 1. The summed E-state index contributed by atoms with van der Waals surface area (Å²) in [5, 5.41) is 0. The topological polar surface area (TPSA) is 43.4 Å². The molecule has 1 atom stereocenters. The van der Waals surface area contributed by atoms with E-state index in [2.05, 4.69) is 12.1 Å². The van der Waals surface area contributed by atoms with Crippen LogP contribution < -0.4 is 0 Å². The first-order valence-electron chi connectivity index (χ1n) is 8.10. The van der Waals surface area contributed by atoms with E-state index < -0.39 is 5.60 Å². The lowest BCUT2D eigenvalue weighted by molar-refractivity contribution is -0.153. The molecule has 118 valence electrons. The van der Waals surface area contributed by atoms with Crippen molar-refractivity contribution >= 4 is 12.3 Å². The first-order valence-corrected chi connectivity index (χ1v) is 8.10. The zero-order valence-electron chi connectivity index (χ0n) is 13.6. The van der Waals surface area contributed by atoms with Gasteiger partial charge in [-0.3, -0.25) is 4.79 Å². The molecule has 0 radical (unpaired) electrons. The summed E-state index contributed by atoms with van der Waals surface area (Å²) in [6.07, 6.45) is 5.49. The van der Waals surface area contributed by atoms with Gasteiger partial charge in [0.05, 0.1) is 6.42 Å². The molecule has 3 rings (SSSR count). The summed E-state index contributed by atoms with van der Waals surface area (Å²) >= 11 is 0. The van der Waals surface area contributed by atoms with Crippen molar-refractivity contribution < 1.29 is 14.3 Å². The fourth-order valence-electron chi connectivity index (χ4n) is 3.80. The van der Waals surface area contributed by atoms with Crippen LogP contribution in [0.1, 0.15) is 62.6 Å². The van der Waals surface area contributed by atoms with E-state index in [0.717, 1.165) is 18.3 Å². The lowest BCUT2D eigenvalue weighted by Gasteiger charge is -2.19. The number of hydrogen-bond donors (Lipinski definition) is 0. The van der Waals surface area contributed by atoms with Crippen molar-refractivity contribution in [2.24, 2.45) is 5.41 Å². The van der Waals surface area contributed by atoms with Crippen molar-refractivity contribution in [2.45, 2.75) is 64.4 Å². The summed E-state index contributed by atoms with van der Waals surface area (Å²) in [6.45, 7) is 5.65. The Morgan fingerprint density at radius 3 is 2.68 bits per heavy atom. The average Bonchev–Trinajstić information content (AvgIpc) is 3.08. The third-order valence-corrected chi connectivity index (χ3v) is 4.86. The lowest BCUT2D eigenvalue weighted by Crippen LogP contribution is -2.24. The third-order valence-electron chi connectivity index (χ3n) is 4.86. The zero-order chi connectivity index (χ0) is 16.0. The molecule has 0 aliphatic heterocycles. The van der Waals surface area contributed by atoms with Gasteiger partial charge in [0.15, 0.2) is 0 Å². The molecule has 1 fully saturated rings. The standard InChI is InChI=1S/C19H24O3/c1-18(2,3)22-17(21)11-13-4-5-15-14(10-13)12-19(7-8-19)16(15)6-9-20/h4-5,9-10,16H,6-8,11-12H2,1-3H3. The minimum atomic E-state index is -0.444. The molecule has 3 nitrogen and oxygen atoms in total. The van der Waals surface area contributed by atoms with Gasteiger partial charge in [0.25, 0.3) is 0 Å². The SMILES string of the molecule is CC(C)(C)OC(=O)Cc1ccc2c(c1)CC1(CC1)C2CC=O. The Bertz CT molecular complexity index is 606. The van der Waals surface area contributed by atoms with Gasteiger partial charge in [-0.1, -0.05) is 18.2 Å². The molecular weight excluding hydrogens is 276 g/mol. The highest BCUT2D eigenvalue weighted by atomic mass is 16.6. The normalized spacial score (nSPS) is 21.5. The molecule has 0 amide bonds. The second kappa shape index (κ2) is 5.22. The minimum absolute atomic E-state index is 0.184. The van der Waals surface area contributed by atoms with E-state index in [-0.39, 0.29) is 5.97 Å². The molecular formula is C19H24O3. The van der Waals surface area contributed by atoms with E-state index in [9.17, 15) is 9.59 Å². The van der Waals surface area contributed by atoms with Gasteiger partial charge in [-0.2, -0.15) is 0 Å². The molecule has 2 aliphatic carbocycles. The Hall–Kier alpha value is -1.64. The summed E-state index contributed by atoms with van der Waals surface area (Å²) in [4.78, 5) is 22.9. The van der Waals surface area contributed by atoms with Crippen molar-refractivity contribution in [1.82, 2.24) is 0 Å². The molecule has 22 heavy (non-hydrogen) atoms. The Kier molecular flexibility index (Phi) is 3.62. The minimum Gasteiger partial charge on any atom is -0.460 e. The number of esters is 1. The Morgan fingerprint density at radius 2 is 2.09 bits per heavy atom. The van der Waals surface area contributed by atoms with Crippen LogP contribution in [0.3, 0.4) is 0 Å². The quantitative estimate of drug-likeness (QED) is 0.630. The largest absolute Gasteiger partial charge is 0.460 e. The highest BCUT2D eigenvalue weighted by Gasteiger charge is 2.53. The number of aldehydes is 1. The van der Waals surface area contributed by atoms with E-state index in [1.54, 1.807) is 0 Å². The summed E-state index contributed by atoms with van der Waals surface area (Å²) in [5.41, 5.74) is 3.55. The fourth-order valence-corrected chi connectivity index (χ4v) is 3.80. The van der Waals surface area contributed by atoms with Crippen molar-refractivity contribution in [1.29, 1.82) is 0 Å². The smallest absolute Gasteiger partial charge is 0.310 e. The van der Waals surface area contributed by atoms with Gasteiger partial charge >= 0.3 is 5.97 Å². The van der Waals surface area contributed by atoms with E-state index in [1.807, 2.05) is 26.8 Å². The maximum absolute atomic E-state index is 12.0. The number of carbonyl (C=O) groups excluding carboxylic acids is 2. The Morgan fingerprint density at radius 1 is 1.36 bits per heavy atom. The molecule has 0 bridgehead atoms. The van der Waals surface area contributed by atoms with Crippen LogP contribution in [0.5, 0.6) is 0 Å². The lowest BCUT2D eigenvalue weighted by atomic mass is 9.87. The van der Waals surface area contributed by atoms with Crippen molar-refractivity contribution in [2.75, 3.05) is 0 Å². The highest BCUT2D eigenvalue weighted by Crippen LogP contribution is 2.63. The van der Waals surface area contributed by atoms with E-state index >= 15 is 0 Å². The van der Waals surface area contributed by atoms with Gasteiger partial charge in [0, 0.05) is 6.42 Å². The molecule has 1 saturated carbocycles. The molecule has 1 spiro atoms. The molecule has 1 aromatic carbocycles. The van der Waals surface area contributed by atoms with Crippen LogP contribution in [0.25, 0.3) is 0 Å². The van der Waals surface area contributed by atoms with Crippen LogP contribution in [0.4, 0.5) is 0 Å². The summed E-state index contributed by atoms with van der Waals surface area (Å²) in [6, 6.07) is 6.28. The average molecular weight is 300 g/mol. The predicted octanol–water partition coefficient (Wildman–Crippen LogP) is 3.58. The van der Waals surface area contributed by atoms with Crippen LogP contribution >= 0.6 is 0 Å². The number of benzene rings is 1. The van der Waals surface area contributed by atoms with Gasteiger partial charge in [-0.05, 0) is 68.1 Å². The Labute approximate surface area is 132 Å². The van der Waals surface area contributed by atoms with Gasteiger partial charge in [0.2, 0.25) is 0 Å². The van der Waals surface area contributed by atoms with Gasteiger partial charge in [-0.25, -0.2) is 0 Å². The highest BCUT2D eigenvalue weighted by molar-refractivity contribution is 5.73. The molecule has 1 aromatic rings.